The lowest BCUT2D eigenvalue weighted by atomic mass is 10.2. The van der Waals surface area contributed by atoms with Crippen molar-refractivity contribution in [3.8, 4) is 11.5 Å². The average molecular weight is 435 g/mol. The van der Waals surface area contributed by atoms with Crippen LogP contribution in [0.25, 0.3) is 0 Å². The lowest BCUT2D eigenvalue weighted by Crippen LogP contribution is -2.37. The van der Waals surface area contributed by atoms with Gasteiger partial charge in [-0.25, -0.2) is 4.98 Å². The molecule has 7 nitrogen and oxygen atoms in total. The van der Waals surface area contributed by atoms with Crippen LogP contribution in [-0.2, 0) is 6.54 Å². The highest BCUT2D eigenvalue weighted by Crippen LogP contribution is 2.30. The highest BCUT2D eigenvalue weighted by atomic mass is 35.5. The number of carbonyl (C=O) groups is 1. The molecule has 1 saturated heterocycles. The highest BCUT2D eigenvalue weighted by molar-refractivity contribution is 7.09. The Labute approximate surface area is 175 Å². The summed E-state index contributed by atoms with van der Waals surface area (Å²) in [6.45, 7) is 1.94. The topological polar surface area (TPSA) is 89.7 Å². The van der Waals surface area contributed by atoms with Crippen molar-refractivity contribution in [3.05, 3.63) is 34.3 Å². The van der Waals surface area contributed by atoms with E-state index in [2.05, 4.69) is 15.2 Å². The molecule has 1 fully saturated rings. The maximum absolute atomic E-state index is 12.3. The minimum absolute atomic E-state index is 0. The number of methoxy groups -OCH3 is 2. The lowest BCUT2D eigenvalue weighted by molar-refractivity contribution is 0.0936. The molecule has 1 aromatic carbocycles. The molecule has 3 N–H and O–H groups in total. The predicted molar refractivity (Wildman–Crippen MR) is 112 cm³/mol. The van der Waals surface area contributed by atoms with E-state index in [1.165, 1.54) is 11.3 Å². The molecule has 2 heterocycles. The molecule has 150 valence electrons. The Kier molecular flexibility index (Phi) is 9.11. The van der Waals surface area contributed by atoms with Crippen molar-refractivity contribution in [2.45, 2.75) is 19.0 Å². The number of hydrogen-bond acceptors (Lipinski definition) is 7. The van der Waals surface area contributed by atoms with Crippen LogP contribution in [0, 0.1) is 0 Å². The Morgan fingerprint density at radius 1 is 1.30 bits per heavy atom. The molecule has 0 bridgehead atoms. The number of halogens is 2. The third-order valence-corrected chi connectivity index (χ3v) is 5.05. The fraction of sp³-hybridized carbons (Fsp3) is 0.412. The van der Waals surface area contributed by atoms with E-state index in [1.54, 1.807) is 19.6 Å². The fourth-order valence-electron chi connectivity index (χ4n) is 2.86. The molecule has 1 unspecified atom stereocenters. The number of anilines is 1. The van der Waals surface area contributed by atoms with Crippen LogP contribution in [0.4, 0.5) is 5.69 Å². The van der Waals surface area contributed by atoms with E-state index < -0.39 is 0 Å². The van der Waals surface area contributed by atoms with E-state index in [-0.39, 0.29) is 36.8 Å². The molecule has 1 atom stereocenters. The number of carbonyl (C=O) groups excluding carboxylic acids is 1. The summed E-state index contributed by atoms with van der Waals surface area (Å²) < 4.78 is 10.7. The van der Waals surface area contributed by atoms with Crippen molar-refractivity contribution >= 4 is 47.7 Å². The van der Waals surface area contributed by atoms with Crippen molar-refractivity contribution in [3.63, 3.8) is 0 Å². The molecule has 10 heteroatoms. The van der Waals surface area contributed by atoms with Gasteiger partial charge in [0.2, 0.25) is 0 Å². The summed E-state index contributed by atoms with van der Waals surface area (Å²) in [7, 11) is 3.27. The summed E-state index contributed by atoms with van der Waals surface area (Å²) in [5.41, 5.74) is 7.00. The predicted octanol–water partition coefficient (Wildman–Crippen LogP) is 2.47. The van der Waals surface area contributed by atoms with E-state index in [0.717, 1.165) is 41.7 Å². The van der Waals surface area contributed by atoms with Gasteiger partial charge in [-0.05, 0) is 6.42 Å². The summed E-state index contributed by atoms with van der Waals surface area (Å²) >= 11 is 1.41. The molecule has 2 aromatic rings. The second kappa shape index (κ2) is 10.6. The number of hydrogen-bond donors (Lipinski definition) is 2. The summed E-state index contributed by atoms with van der Waals surface area (Å²) in [5, 5.41) is 5.56. The van der Waals surface area contributed by atoms with Crippen LogP contribution in [0.5, 0.6) is 11.5 Å². The Morgan fingerprint density at radius 2 is 1.96 bits per heavy atom. The van der Waals surface area contributed by atoms with Gasteiger partial charge in [-0.15, -0.1) is 36.2 Å². The first-order valence-corrected chi connectivity index (χ1v) is 8.94. The third kappa shape index (κ3) is 5.62. The maximum Gasteiger partial charge on any atom is 0.271 e. The number of ether oxygens (including phenoxy) is 2. The van der Waals surface area contributed by atoms with Gasteiger partial charge in [-0.2, -0.15) is 0 Å². The van der Waals surface area contributed by atoms with Gasteiger partial charge in [0.1, 0.15) is 22.2 Å². The number of amides is 1. The number of thiazole rings is 1. The molecule has 1 aromatic heterocycles. The second-order valence-electron chi connectivity index (χ2n) is 5.81. The molecule has 3 rings (SSSR count). The van der Waals surface area contributed by atoms with Gasteiger partial charge in [0.15, 0.2) is 0 Å². The van der Waals surface area contributed by atoms with E-state index >= 15 is 0 Å². The number of nitrogens with zero attached hydrogens (tertiary/aromatic N) is 2. The van der Waals surface area contributed by atoms with Gasteiger partial charge in [0.05, 0.1) is 14.2 Å². The largest absolute Gasteiger partial charge is 0.497 e. The molecule has 1 amide bonds. The van der Waals surface area contributed by atoms with Crippen LogP contribution in [0.2, 0.25) is 0 Å². The molecule has 1 aliphatic rings. The maximum atomic E-state index is 12.3. The van der Waals surface area contributed by atoms with Crippen molar-refractivity contribution in [2.24, 2.45) is 5.73 Å². The number of nitrogens with two attached hydrogens (primary N) is 1. The van der Waals surface area contributed by atoms with Crippen LogP contribution >= 0.6 is 36.2 Å². The fourth-order valence-corrected chi connectivity index (χ4v) is 3.51. The molecule has 27 heavy (non-hydrogen) atoms. The minimum Gasteiger partial charge on any atom is -0.497 e. The Hall–Kier alpha value is -1.74. The molecule has 0 aliphatic carbocycles. The van der Waals surface area contributed by atoms with E-state index in [0.29, 0.717) is 12.2 Å². The summed E-state index contributed by atoms with van der Waals surface area (Å²) in [6, 6.07) is 5.87. The first kappa shape index (κ1) is 23.3. The molecular formula is C17H24Cl2N4O3S. The highest BCUT2D eigenvalue weighted by Gasteiger charge is 2.25. The average Bonchev–Trinajstić information content (AvgIpc) is 3.30. The number of benzene rings is 1. The minimum atomic E-state index is -0.147. The molecule has 1 aliphatic heterocycles. The van der Waals surface area contributed by atoms with Crippen molar-refractivity contribution in [2.75, 3.05) is 32.2 Å². The van der Waals surface area contributed by atoms with Crippen molar-refractivity contribution in [1.82, 2.24) is 10.3 Å². The SMILES string of the molecule is COc1cc(OC)cc(N2CCC(NC(=O)c3csc(CN)n3)C2)c1.Cl.Cl. The Morgan fingerprint density at radius 3 is 2.52 bits per heavy atom. The van der Waals surface area contributed by atoms with Gasteiger partial charge in [-0.3, -0.25) is 4.79 Å². The van der Waals surface area contributed by atoms with E-state index in [4.69, 9.17) is 15.2 Å². The van der Waals surface area contributed by atoms with Gasteiger partial charge in [0.25, 0.3) is 5.91 Å². The first-order chi connectivity index (χ1) is 12.1. The van der Waals surface area contributed by atoms with Gasteiger partial charge < -0.3 is 25.4 Å². The molecule has 0 saturated carbocycles. The van der Waals surface area contributed by atoms with Gasteiger partial charge in [-0.1, -0.05) is 0 Å². The zero-order valence-electron chi connectivity index (χ0n) is 15.1. The van der Waals surface area contributed by atoms with Crippen LogP contribution in [0.3, 0.4) is 0 Å². The van der Waals surface area contributed by atoms with Crippen LogP contribution in [0.15, 0.2) is 23.6 Å². The van der Waals surface area contributed by atoms with Crippen molar-refractivity contribution in [1.29, 1.82) is 0 Å². The number of aromatic nitrogens is 1. The quantitative estimate of drug-likeness (QED) is 0.725. The molecule has 0 radical (unpaired) electrons. The Balaban J connectivity index is 0.00000182. The zero-order chi connectivity index (χ0) is 17.8. The zero-order valence-corrected chi connectivity index (χ0v) is 17.6. The van der Waals surface area contributed by atoms with Gasteiger partial charge >= 0.3 is 0 Å². The van der Waals surface area contributed by atoms with Crippen molar-refractivity contribution < 1.29 is 14.3 Å². The number of rotatable bonds is 6. The van der Waals surface area contributed by atoms with E-state index in [1.807, 2.05) is 18.2 Å². The monoisotopic (exact) mass is 434 g/mol. The summed E-state index contributed by atoms with van der Waals surface area (Å²) in [6.07, 6.45) is 0.874. The third-order valence-electron chi connectivity index (χ3n) is 4.18. The number of nitrogens with one attached hydrogen (secondary N) is 1. The summed E-state index contributed by atoms with van der Waals surface area (Å²) in [4.78, 5) is 18.7. The molecular weight excluding hydrogens is 411 g/mol. The van der Waals surface area contributed by atoms with Gasteiger partial charge in [0, 0.05) is 54.9 Å². The second-order valence-corrected chi connectivity index (χ2v) is 6.75. The Bertz CT molecular complexity index is 737. The summed E-state index contributed by atoms with van der Waals surface area (Å²) in [5.74, 6) is 1.35. The standard InChI is InChI=1S/C17H22N4O3S.2ClH/c1-23-13-5-12(6-14(7-13)24-2)21-4-3-11(9-21)19-17(22)15-10-25-16(8-18)20-15;;/h5-7,10-11H,3-4,8-9,18H2,1-2H3,(H,19,22);2*1H. The smallest absolute Gasteiger partial charge is 0.271 e. The lowest BCUT2D eigenvalue weighted by Gasteiger charge is -2.20. The van der Waals surface area contributed by atoms with Crippen LogP contribution in [0.1, 0.15) is 21.9 Å². The molecule has 0 spiro atoms. The van der Waals surface area contributed by atoms with E-state index in [9.17, 15) is 4.79 Å². The van der Waals surface area contributed by atoms with Crippen LogP contribution < -0.4 is 25.4 Å². The normalized spacial score (nSPS) is 15.5. The van der Waals surface area contributed by atoms with Crippen LogP contribution in [-0.4, -0.2) is 44.2 Å². The first-order valence-electron chi connectivity index (χ1n) is 8.06.